The van der Waals surface area contributed by atoms with Crippen LogP contribution in [0.2, 0.25) is 5.02 Å². The monoisotopic (exact) mass is 436 g/mol. The summed E-state index contributed by atoms with van der Waals surface area (Å²) in [5.74, 6) is 3.51. The van der Waals surface area contributed by atoms with Gasteiger partial charge in [0.25, 0.3) is 0 Å². The molecular weight excluding hydrogens is 412 g/mol. The van der Waals surface area contributed by atoms with Gasteiger partial charge in [-0.3, -0.25) is 0 Å². The van der Waals surface area contributed by atoms with E-state index in [4.69, 9.17) is 16.3 Å². The molecule has 29 heavy (non-hydrogen) atoms. The minimum Gasteiger partial charge on any atom is -0.478 e. The third kappa shape index (κ3) is 5.17. The van der Waals surface area contributed by atoms with Crippen molar-refractivity contribution in [1.29, 1.82) is 0 Å². The molecule has 0 amide bonds. The van der Waals surface area contributed by atoms with Crippen LogP contribution in [0.25, 0.3) is 0 Å². The summed E-state index contributed by atoms with van der Waals surface area (Å²) in [6, 6.07) is 3.16. The average molecular weight is 437 g/mol. The third-order valence-corrected chi connectivity index (χ3v) is 7.18. The highest BCUT2D eigenvalue weighted by Crippen LogP contribution is 2.49. The number of hydrogen-bond donors (Lipinski definition) is 0. The SMILES string of the molecule is CS(=O)(=O)c1ccc(OCC[C@@H]2CC2C2CCN(c3ncc(Cl)cn3)CC2)nc1. The molecule has 3 heterocycles. The van der Waals surface area contributed by atoms with E-state index in [0.29, 0.717) is 23.4 Å². The number of hydrogen-bond acceptors (Lipinski definition) is 7. The number of rotatable bonds is 7. The second-order valence-corrected chi connectivity index (χ2v) is 10.4. The molecule has 2 aromatic heterocycles. The molecule has 4 rings (SSSR count). The van der Waals surface area contributed by atoms with E-state index in [0.717, 1.165) is 37.3 Å². The second-order valence-electron chi connectivity index (χ2n) is 7.93. The Hall–Kier alpha value is -1.93. The molecule has 0 aromatic carbocycles. The van der Waals surface area contributed by atoms with Crippen LogP contribution < -0.4 is 9.64 Å². The molecule has 0 radical (unpaired) electrons. The lowest BCUT2D eigenvalue weighted by Gasteiger charge is -2.32. The standard InChI is InChI=1S/C20H25ClN4O3S/c1-29(26,27)17-2-3-19(22-13-17)28-9-6-15-10-18(15)14-4-7-25(8-5-14)20-23-11-16(21)12-24-20/h2-3,11-15,18H,4-10H2,1H3/t15-,18?/m1/s1. The molecule has 1 aliphatic heterocycles. The highest BCUT2D eigenvalue weighted by molar-refractivity contribution is 7.90. The molecule has 2 aromatic rings. The van der Waals surface area contributed by atoms with Gasteiger partial charge in [-0.1, -0.05) is 11.6 Å². The molecule has 2 aliphatic rings. The van der Waals surface area contributed by atoms with Crippen LogP contribution in [0.3, 0.4) is 0 Å². The molecule has 9 heteroatoms. The summed E-state index contributed by atoms with van der Waals surface area (Å²) in [5.41, 5.74) is 0. The highest BCUT2D eigenvalue weighted by Gasteiger charge is 2.43. The van der Waals surface area contributed by atoms with Crippen molar-refractivity contribution in [3.8, 4) is 5.88 Å². The second kappa shape index (κ2) is 8.44. The Morgan fingerprint density at radius 2 is 1.86 bits per heavy atom. The topological polar surface area (TPSA) is 85.3 Å². The molecule has 1 aliphatic carbocycles. The third-order valence-electron chi connectivity index (χ3n) is 5.89. The number of halogens is 1. The van der Waals surface area contributed by atoms with Crippen molar-refractivity contribution in [1.82, 2.24) is 15.0 Å². The number of anilines is 1. The van der Waals surface area contributed by atoms with Crippen LogP contribution in [0.4, 0.5) is 5.95 Å². The van der Waals surface area contributed by atoms with Crippen LogP contribution in [0, 0.1) is 17.8 Å². The summed E-state index contributed by atoms with van der Waals surface area (Å²) in [7, 11) is -3.22. The van der Waals surface area contributed by atoms with E-state index in [1.165, 1.54) is 37.8 Å². The van der Waals surface area contributed by atoms with Gasteiger partial charge in [0.05, 0.1) is 28.9 Å². The van der Waals surface area contributed by atoms with Crippen LogP contribution in [-0.2, 0) is 9.84 Å². The van der Waals surface area contributed by atoms with E-state index < -0.39 is 9.84 Å². The number of nitrogens with zero attached hydrogens (tertiary/aromatic N) is 4. The number of ether oxygens (including phenoxy) is 1. The molecule has 7 nitrogen and oxygen atoms in total. The van der Waals surface area contributed by atoms with Crippen molar-refractivity contribution in [3.63, 3.8) is 0 Å². The molecule has 2 atom stereocenters. The van der Waals surface area contributed by atoms with Gasteiger partial charge < -0.3 is 9.64 Å². The minimum atomic E-state index is -3.22. The molecule has 0 spiro atoms. The fourth-order valence-electron chi connectivity index (χ4n) is 4.16. The molecule has 1 unspecified atom stereocenters. The predicted octanol–water partition coefficient (Wildman–Crippen LogP) is 3.25. The zero-order chi connectivity index (χ0) is 20.4. The van der Waals surface area contributed by atoms with Gasteiger partial charge in [0.15, 0.2) is 9.84 Å². The highest BCUT2D eigenvalue weighted by atomic mass is 35.5. The quantitative estimate of drug-likeness (QED) is 0.658. The molecule has 0 bridgehead atoms. The zero-order valence-electron chi connectivity index (χ0n) is 16.4. The van der Waals surface area contributed by atoms with Gasteiger partial charge in [-0.25, -0.2) is 23.4 Å². The van der Waals surface area contributed by atoms with Gasteiger partial charge in [-0.2, -0.15) is 0 Å². The van der Waals surface area contributed by atoms with E-state index in [1.54, 1.807) is 18.5 Å². The first-order chi connectivity index (χ1) is 13.9. The number of sulfone groups is 1. The summed E-state index contributed by atoms with van der Waals surface area (Å²) in [5, 5.41) is 0.563. The van der Waals surface area contributed by atoms with Gasteiger partial charge in [0.1, 0.15) is 0 Å². The Kier molecular flexibility index (Phi) is 5.92. The maximum atomic E-state index is 11.5. The van der Waals surface area contributed by atoms with Crippen LogP contribution in [0.1, 0.15) is 25.7 Å². The fraction of sp³-hybridized carbons (Fsp3) is 0.550. The maximum absolute atomic E-state index is 11.5. The summed E-state index contributed by atoms with van der Waals surface area (Å²) >= 11 is 5.86. The Bertz CT molecular complexity index is 929. The number of pyridine rings is 1. The first-order valence-electron chi connectivity index (χ1n) is 9.91. The molecule has 0 N–H and O–H groups in total. The van der Waals surface area contributed by atoms with Gasteiger partial charge in [0, 0.05) is 31.6 Å². The Morgan fingerprint density at radius 3 is 2.48 bits per heavy atom. The van der Waals surface area contributed by atoms with Gasteiger partial charge in [0.2, 0.25) is 11.8 Å². The van der Waals surface area contributed by atoms with Gasteiger partial charge in [-0.15, -0.1) is 0 Å². The smallest absolute Gasteiger partial charge is 0.225 e. The minimum absolute atomic E-state index is 0.211. The largest absolute Gasteiger partial charge is 0.478 e. The van der Waals surface area contributed by atoms with E-state index in [9.17, 15) is 8.42 Å². The van der Waals surface area contributed by atoms with Crippen molar-refractivity contribution in [2.75, 3.05) is 30.9 Å². The lowest BCUT2D eigenvalue weighted by Crippen LogP contribution is -2.35. The molecule has 156 valence electrons. The predicted molar refractivity (Wildman–Crippen MR) is 111 cm³/mol. The Balaban J connectivity index is 1.18. The normalized spacial score (nSPS) is 22.5. The van der Waals surface area contributed by atoms with E-state index >= 15 is 0 Å². The van der Waals surface area contributed by atoms with Crippen LogP contribution in [-0.4, -0.2) is 49.3 Å². The zero-order valence-corrected chi connectivity index (χ0v) is 17.9. The van der Waals surface area contributed by atoms with Crippen LogP contribution in [0.5, 0.6) is 5.88 Å². The van der Waals surface area contributed by atoms with Crippen molar-refractivity contribution in [3.05, 3.63) is 35.7 Å². The van der Waals surface area contributed by atoms with Gasteiger partial charge in [-0.05, 0) is 49.5 Å². The number of piperidine rings is 1. The van der Waals surface area contributed by atoms with E-state index in [-0.39, 0.29) is 4.90 Å². The van der Waals surface area contributed by atoms with Crippen molar-refractivity contribution < 1.29 is 13.2 Å². The Morgan fingerprint density at radius 1 is 1.14 bits per heavy atom. The van der Waals surface area contributed by atoms with Gasteiger partial charge >= 0.3 is 0 Å². The fourth-order valence-corrected chi connectivity index (χ4v) is 4.82. The lowest BCUT2D eigenvalue weighted by molar-refractivity contribution is 0.276. The van der Waals surface area contributed by atoms with Crippen molar-refractivity contribution in [2.24, 2.45) is 17.8 Å². The molecular formula is C20H25ClN4O3S. The summed E-state index contributed by atoms with van der Waals surface area (Å²) in [6.07, 6.45) is 10.4. The average Bonchev–Trinajstić information content (AvgIpc) is 3.48. The van der Waals surface area contributed by atoms with E-state index in [2.05, 4.69) is 19.9 Å². The van der Waals surface area contributed by atoms with Crippen molar-refractivity contribution >= 4 is 27.4 Å². The maximum Gasteiger partial charge on any atom is 0.225 e. The number of aromatic nitrogens is 3. The first kappa shape index (κ1) is 20.3. The Labute approximate surface area is 176 Å². The summed E-state index contributed by atoms with van der Waals surface area (Å²) in [4.78, 5) is 15.2. The van der Waals surface area contributed by atoms with E-state index in [1.807, 2.05) is 0 Å². The lowest BCUT2D eigenvalue weighted by atomic mass is 9.90. The summed E-state index contributed by atoms with van der Waals surface area (Å²) in [6.45, 7) is 2.59. The summed E-state index contributed by atoms with van der Waals surface area (Å²) < 4.78 is 28.6. The van der Waals surface area contributed by atoms with Crippen LogP contribution >= 0.6 is 11.6 Å². The molecule has 2 fully saturated rings. The van der Waals surface area contributed by atoms with Crippen LogP contribution in [0.15, 0.2) is 35.6 Å². The van der Waals surface area contributed by atoms with Crippen molar-refractivity contribution in [2.45, 2.75) is 30.6 Å². The molecule has 1 saturated heterocycles. The first-order valence-corrected chi connectivity index (χ1v) is 12.2. The molecule has 1 saturated carbocycles.